The Bertz CT molecular complexity index is 760. The molecule has 1 saturated heterocycles. The Hall–Kier alpha value is -2.31. The first-order valence-corrected chi connectivity index (χ1v) is 9.01. The van der Waals surface area contributed by atoms with E-state index in [0.717, 1.165) is 31.7 Å². The highest BCUT2D eigenvalue weighted by Crippen LogP contribution is 2.12. The second kappa shape index (κ2) is 8.38. The third kappa shape index (κ3) is 4.45. The number of carbonyl (C=O) groups is 1. The lowest BCUT2D eigenvalue weighted by molar-refractivity contribution is -1.02. The van der Waals surface area contributed by atoms with Gasteiger partial charge in [0, 0.05) is 5.56 Å². The fourth-order valence-corrected chi connectivity index (χ4v) is 3.43. The van der Waals surface area contributed by atoms with Crippen molar-refractivity contribution in [3.63, 3.8) is 0 Å². The summed E-state index contributed by atoms with van der Waals surface area (Å²) in [5.41, 5.74) is 0.948. The van der Waals surface area contributed by atoms with Gasteiger partial charge in [-0.2, -0.15) is 0 Å². The number of benzene rings is 2. The lowest BCUT2D eigenvalue weighted by atomic mass is 10.1. The third-order valence-corrected chi connectivity index (χ3v) is 5.14. The fourth-order valence-electron chi connectivity index (χ4n) is 3.43. The predicted octanol–water partition coefficient (Wildman–Crippen LogP) is 0.275. The van der Waals surface area contributed by atoms with E-state index in [1.807, 2.05) is 19.1 Å². The van der Waals surface area contributed by atoms with Crippen molar-refractivity contribution in [2.24, 2.45) is 0 Å². The zero-order chi connectivity index (χ0) is 18.5. The Kier molecular flexibility index (Phi) is 5.96. The molecule has 1 amide bonds. The Morgan fingerprint density at radius 3 is 2.27 bits per heavy atom. The van der Waals surface area contributed by atoms with Crippen LogP contribution in [0.15, 0.2) is 48.5 Å². The highest BCUT2D eigenvalue weighted by atomic mass is 19.1. The molecule has 1 heterocycles. The number of piperazine rings is 1. The molecule has 0 aliphatic carbocycles. The Morgan fingerprint density at radius 2 is 1.62 bits per heavy atom. The average Bonchev–Trinajstić information content (AvgIpc) is 2.65. The maximum Gasteiger partial charge on any atom is 0.282 e. The molecule has 0 saturated carbocycles. The molecule has 1 fully saturated rings. The van der Waals surface area contributed by atoms with Gasteiger partial charge in [0.1, 0.15) is 44.4 Å². The Labute approximate surface area is 152 Å². The van der Waals surface area contributed by atoms with E-state index in [1.165, 1.54) is 21.9 Å². The summed E-state index contributed by atoms with van der Waals surface area (Å²) in [7, 11) is 0. The van der Waals surface area contributed by atoms with Crippen LogP contribution in [0.4, 0.5) is 14.5 Å². The van der Waals surface area contributed by atoms with Crippen molar-refractivity contribution >= 4 is 11.6 Å². The monoisotopic (exact) mass is 361 g/mol. The van der Waals surface area contributed by atoms with Crippen LogP contribution in [0, 0.1) is 11.6 Å². The summed E-state index contributed by atoms with van der Waals surface area (Å²) in [5.74, 6) is -0.766. The minimum Gasteiger partial charge on any atom is -0.322 e. The third-order valence-electron chi connectivity index (χ3n) is 5.14. The van der Waals surface area contributed by atoms with Crippen LogP contribution in [0.2, 0.25) is 0 Å². The summed E-state index contributed by atoms with van der Waals surface area (Å²) in [5, 5.41) is 2.67. The van der Waals surface area contributed by atoms with E-state index in [1.54, 1.807) is 24.3 Å². The molecule has 2 aromatic carbocycles. The van der Waals surface area contributed by atoms with Crippen LogP contribution in [-0.2, 0) is 11.3 Å². The Morgan fingerprint density at radius 1 is 1.00 bits per heavy atom. The van der Waals surface area contributed by atoms with Gasteiger partial charge in [0.25, 0.3) is 5.91 Å². The number of amides is 1. The summed E-state index contributed by atoms with van der Waals surface area (Å²) in [4.78, 5) is 14.9. The maximum absolute atomic E-state index is 13.8. The molecule has 0 radical (unpaired) electrons. The normalized spacial score (nSPS) is 21.2. The molecular formula is C20H25F2N3O+2. The first-order chi connectivity index (χ1) is 12.5. The number of halogens is 2. The number of hydrogen-bond acceptors (Lipinski definition) is 1. The van der Waals surface area contributed by atoms with E-state index >= 15 is 0 Å². The number of rotatable bonds is 5. The minimum absolute atomic E-state index is 0.160. The van der Waals surface area contributed by atoms with Crippen molar-refractivity contribution in [1.82, 2.24) is 0 Å². The first-order valence-electron chi connectivity index (χ1n) is 9.01. The van der Waals surface area contributed by atoms with Crippen LogP contribution < -0.4 is 15.1 Å². The fraction of sp³-hybridized carbons (Fsp3) is 0.350. The number of nitrogens with one attached hydrogen (secondary N) is 3. The molecule has 1 aliphatic heterocycles. The number of hydrogen-bond donors (Lipinski definition) is 3. The molecule has 0 aromatic heterocycles. The molecule has 0 spiro atoms. The topological polar surface area (TPSA) is 38.0 Å². The van der Waals surface area contributed by atoms with E-state index < -0.39 is 5.82 Å². The van der Waals surface area contributed by atoms with Crippen molar-refractivity contribution in [2.45, 2.75) is 19.5 Å². The van der Waals surface area contributed by atoms with Crippen LogP contribution >= 0.6 is 0 Å². The quantitative estimate of drug-likeness (QED) is 0.703. The largest absolute Gasteiger partial charge is 0.322 e. The van der Waals surface area contributed by atoms with Gasteiger partial charge in [-0.05, 0) is 25.1 Å². The molecule has 4 nitrogen and oxygen atoms in total. The number of carbonyl (C=O) groups excluding carboxylic acids is 1. The van der Waals surface area contributed by atoms with Crippen LogP contribution in [0.1, 0.15) is 12.5 Å². The minimum atomic E-state index is -0.429. The van der Waals surface area contributed by atoms with Gasteiger partial charge in [0.05, 0.1) is 5.69 Å². The average molecular weight is 361 g/mol. The van der Waals surface area contributed by atoms with Crippen molar-refractivity contribution in [2.75, 3.05) is 31.5 Å². The zero-order valence-corrected chi connectivity index (χ0v) is 14.9. The second-order valence-electron chi connectivity index (χ2n) is 6.87. The molecule has 0 bridgehead atoms. The van der Waals surface area contributed by atoms with Gasteiger partial charge in [-0.3, -0.25) is 4.79 Å². The van der Waals surface area contributed by atoms with Crippen molar-refractivity contribution in [3.8, 4) is 0 Å². The summed E-state index contributed by atoms with van der Waals surface area (Å²) in [6, 6.07) is 12.8. The molecule has 6 heteroatoms. The lowest BCUT2D eigenvalue weighted by Gasteiger charge is -2.32. The highest BCUT2D eigenvalue weighted by molar-refractivity contribution is 5.93. The molecule has 3 N–H and O–H groups in total. The van der Waals surface area contributed by atoms with Crippen molar-refractivity contribution in [3.05, 3.63) is 65.7 Å². The van der Waals surface area contributed by atoms with E-state index in [2.05, 4.69) is 5.32 Å². The van der Waals surface area contributed by atoms with Crippen LogP contribution in [0.3, 0.4) is 0 Å². The molecule has 2 aromatic rings. The first kappa shape index (κ1) is 18.5. The van der Waals surface area contributed by atoms with Gasteiger partial charge >= 0.3 is 0 Å². The van der Waals surface area contributed by atoms with Crippen LogP contribution in [-0.4, -0.2) is 38.1 Å². The smallest absolute Gasteiger partial charge is 0.282 e. The molecule has 1 atom stereocenters. The summed E-state index contributed by atoms with van der Waals surface area (Å²) >= 11 is 0. The maximum atomic E-state index is 13.8. The second-order valence-corrected chi connectivity index (χ2v) is 6.87. The number of quaternary nitrogens is 2. The van der Waals surface area contributed by atoms with Gasteiger partial charge < -0.3 is 15.1 Å². The van der Waals surface area contributed by atoms with Crippen molar-refractivity contribution in [1.29, 1.82) is 0 Å². The van der Waals surface area contributed by atoms with E-state index in [0.29, 0.717) is 6.54 Å². The van der Waals surface area contributed by atoms with E-state index in [-0.39, 0.29) is 23.5 Å². The van der Waals surface area contributed by atoms with Gasteiger partial charge in [0.15, 0.2) is 6.04 Å². The van der Waals surface area contributed by atoms with Crippen LogP contribution in [0.25, 0.3) is 0 Å². The summed E-state index contributed by atoms with van der Waals surface area (Å²) in [6.07, 6.45) is 0. The van der Waals surface area contributed by atoms with Gasteiger partial charge in [0.2, 0.25) is 0 Å². The lowest BCUT2D eigenvalue weighted by Crippen LogP contribution is -3.29. The highest BCUT2D eigenvalue weighted by Gasteiger charge is 2.31. The SMILES string of the molecule is C[C@H](C(=O)Nc1ccccc1F)[NH+]1CC[NH+](Cc2ccccc2F)CC1. The van der Waals surface area contributed by atoms with E-state index in [9.17, 15) is 13.6 Å². The zero-order valence-electron chi connectivity index (χ0n) is 14.9. The molecule has 0 unspecified atom stereocenters. The number of anilines is 1. The molecular weight excluding hydrogens is 336 g/mol. The molecule has 138 valence electrons. The van der Waals surface area contributed by atoms with Crippen molar-refractivity contribution < 1.29 is 23.4 Å². The van der Waals surface area contributed by atoms with Crippen LogP contribution in [0.5, 0.6) is 0 Å². The summed E-state index contributed by atoms with van der Waals surface area (Å²) in [6.45, 7) is 5.94. The van der Waals surface area contributed by atoms with Gasteiger partial charge in [-0.25, -0.2) is 8.78 Å². The van der Waals surface area contributed by atoms with Gasteiger partial charge in [-0.1, -0.05) is 30.3 Å². The molecule has 1 aliphatic rings. The summed E-state index contributed by atoms with van der Waals surface area (Å²) < 4.78 is 27.5. The standard InChI is InChI=1S/C20H23F2N3O/c1-15(20(26)23-19-9-5-4-8-18(19)22)25-12-10-24(11-13-25)14-16-6-2-3-7-17(16)21/h2-9,15H,10-14H2,1H3,(H,23,26)/p+2/t15-/m1/s1. The predicted molar refractivity (Wildman–Crippen MR) is 96.0 cm³/mol. The molecule has 26 heavy (non-hydrogen) atoms. The molecule has 3 rings (SSSR count). The number of para-hydroxylation sites is 1. The Balaban J connectivity index is 1.52. The van der Waals surface area contributed by atoms with E-state index in [4.69, 9.17) is 0 Å². The van der Waals surface area contributed by atoms with Gasteiger partial charge in [-0.15, -0.1) is 0 Å².